The van der Waals surface area contributed by atoms with Gasteiger partial charge in [-0.05, 0) is 70.4 Å². The van der Waals surface area contributed by atoms with Crippen LogP contribution in [0, 0.1) is 0 Å². The highest BCUT2D eigenvalue weighted by Gasteiger charge is 2.13. The quantitative estimate of drug-likeness (QED) is 0.228. The van der Waals surface area contributed by atoms with Gasteiger partial charge in [-0.2, -0.15) is 0 Å². The Morgan fingerprint density at radius 2 is 1.11 bits per heavy atom. The zero-order valence-corrected chi connectivity index (χ0v) is 21.3. The number of H-pyrrole nitrogens is 1. The summed E-state index contributed by atoms with van der Waals surface area (Å²) in [6, 6.07) is 40.5. The van der Waals surface area contributed by atoms with Gasteiger partial charge in [0.2, 0.25) is 0 Å². The SMILES string of the molecule is c1ccc2c(c1)ccc1sc3ccc(-c4ccc5[nH]c6cc7sc8ccccc8c7cc6c5c4)cc3c12. The fraction of sp³-hybridized carbons (Fsp3) is 0. The Morgan fingerprint density at radius 1 is 0.405 bits per heavy atom. The van der Waals surface area contributed by atoms with Crippen LogP contribution < -0.4 is 0 Å². The van der Waals surface area contributed by atoms with E-state index in [4.69, 9.17) is 0 Å². The molecule has 3 aromatic heterocycles. The molecule has 0 saturated heterocycles. The predicted octanol–water partition coefficient (Wildman–Crippen LogP) is 10.9. The molecule has 0 aliphatic rings. The molecule has 0 bridgehead atoms. The van der Waals surface area contributed by atoms with Crippen molar-refractivity contribution in [3.8, 4) is 11.1 Å². The van der Waals surface area contributed by atoms with Crippen LogP contribution in [0.4, 0.5) is 0 Å². The van der Waals surface area contributed by atoms with E-state index in [0.29, 0.717) is 0 Å². The van der Waals surface area contributed by atoms with Gasteiger partial charge < -0.3 is 4.98 Å². The Labute approximate surface area is 220 Å². The molecule has 3 heterocycles. The average molecular weight is 506 g/mol. The number of nitrogens with one attached hydrogen (secondary N) is 1. The van der Waals surface area contributed by atoms with Crippen molar-refractivity contribution < 1.29 is 0 Å². The van der Waals surface area contributed by atoms with E-state index in [0.717, 1.165) is 0 Å². The van der Waals surface area contributed by atoms with Crippen LogP contribution in [0.3, 0.4) is 0 Å². The first-order valence-corrected chi connectivity index (χ1v) is 14.1. The summed E-state index contributed by atoms with van der Waals surface area (Å²) in [6.45, 7) is 0. The second-order valence-corrected chi connectivity index (χ2v) is 12.0. The Hall–Kier alpha value is -4.18. The summed E-state index contributed by atoms with van der Waals surface area (Å²) in [5.41, 5.74) is 4.91. The normalized spacial score (nSPS) is 12.3. The number of aromatic nitrogens is 1. The van der Waals surface area contributed by atoms with Crippen molar-refractivity contribution >= 4 is 95.6 Å². The van der Waals surface area contributed by atoms with Gasteiger partial charge in [0, 0.05) is 62.2 Å². The van der Waals surface area contributed by atoms with Crippen molar-refractivity contribution in [1.29, 1.82) is 0 Å². The first-order valence-electron chi connectivity index (χ1n) is 12.5. The first kappa shape index (κ1) is 19.9. The summed E-state index contributed by atoms with van der Waals surface area (Å²) < 4.78 is 5.38. The highest BCUT2D eigenvalue weighted by Crippen LogP contribution is 2.42. The summed E-state index contributed by atoms with van der Waals surface area (Å²) in [7, 11) is 0. The minimum atomic E-state index is 1.19. The number of rotatable bonds is 1. The van der Waals surface area contributed by atoms with Gasteiger partial charge in [-0.25, -0.2) is 0 Å². The van der Waals surface area contributed by atoms with Gasteiger partial charge in [-0.15, -0.1) is 22.7 Å². The minimum absolute atomic E-state index is 1.19. The van der Waals surface area contributed by atoms with Crippen molar-refractivity contribution in [2.75, 3.05) is 0 Å². The highest BCUT2D eigenvalue weighted by molar-refractivity contribution is 7.26. The van der Waals surface area contributed by atoms with Crippen molar-refractivity contribution in [2.24, 2.45) is 0 Å². The van der Waals surface area contributed by atoms with Crippen LogP contribution in [0.5, 0.6) is 0 Å². The van der Waals surface area contributed by atoms with Crippen LogP contribution in [0.2, 0.25) is 0 Å². The molecule has 0 fully saturated rings. The maximum absolute atomic E-state index is 3.67. The van der Waals surface area contributed by atoms with E-state index in [1.165, 1.54) is 84.0 Å². The third kappa shape index (κ3) is 2.78. The zero-order chi connectivity index (χ0) is 24.1. The molecule has 0 aliphatic heterocycles. The molecule has 37 heavy (non-hydrogen) atoms. The topological polar surface area (TPSA) is 15.8 Å². The smallest absolute Gasteiger partial charge is 0.0479 e. The van der Waals surface area contributed by atoms with Crippen LogP contribution in [0.25, 0.3) is 84.0 Å². The fourth-order valence-electron chi connectivity index (χ4n) is 6.03. The maximum atomic E-state index is 3.67. The number of thiophene rings is 2. The Balaban J connectivity index is 1.29. The van der Waals surface area contributed by atoms with Gasteiger partial charge >= 0.3 is 0 Å². The summed E-state index contributed by atoms with van der Waals surface area (Å²) in [4.78, 5) is 3.67. The second kappa shape index (κ2) is 7.19. The molecule has 0 radical (unpaired) electrons. The number of hydrogen-bond acceptors (Lipinski definition) is 2. The molecule has 172 valence electrons. The third-order valence-corrected chi connectivity index (χ3v) is 10.1. The van der Waals surface area contributed by atoms with E-state index < -0.39 is 0 Å². The molecule has 0 unspecified atom stereocenters. The van der Waals surface area contributed by atoms with Crippen molar-refractivity contribution in [1.82, 2.24) is 4.98 Å². The highest BCUT2D eigenvalue weighted by atomic mass is 32.1. The van der Waals surface area contributed by atoms with Gasteiger partial charge in [0.05, 0.1) is 0 Å². The maximum Gasteiger partial charge on any atom is 0.0479 e. The Kier molecular flexibility index (Phi) is 3.88. The van der Waals surface area contributed by atoms with Crippen LogP contribution in [0.1, 0.15) is 0 Å². The van der Waals surface area contributed by atoms with E-state index in [2.05, 4.69) is 114 Å². The van der Waals surface area contributed by atoms with Crippen LogP contribution in [-0.2, 0) is 0 Å². The molecule has 0 atom stereocenters. The number of fused-ring (bicyclic) bond motifs is 11. The van der Waals surface area contributed by atoms with Gasteiger partial charge in [0.25, 0.3) is 0 Å². The molecule has 0 aliphatic carbocycles. The van der Waals surface area contributed by atoms with Crippen molar-refractivity contribution in [3.63, 3.8) is 0 Å². The zero-order valence-electron chi connectivity index (χ0n) is 19.7. The molecule has 0 spiro atoms. The van der Waals surface area contributed by atoms with E-state index >= 15 is 0 Å². The lowest BCUT2D eigenvalue weighted by Crippen LogP contribution is -1.79. The van der Waals surface area contributed by atoms with Crippen LogP contribution in [-0.4, -0.2) is 4.98 Å². The largest absolute Gasteiger partial charge is 0.354 e. The molecule has 0 saturated carbocycles. The van der Waals surface area contributed by atoms with E-state index in [-0.39, 0.29) is 0 Å². The van der Waals surface area contributed by atoms with Crippen molar-refractivity contribution in [2.45, 2.75) is 0 Å². The molecular weight excluding hydrogens is 487 g/mol. The van der Waals surface area contributed by atoms with Crippen molar-refractivity contribution in [3.05, 3.63) is 109 Å². The van der Waals surface area contributed by atoms with E-state index in [9.17, 15) is 0 Å². The van der Waals surface area contributed by atoms with Gasteiger partial charge in [-0.3, -0.25) is 0 Å². The molecule has 9 rings (SSSR count). The minimum Gasteiger partial charge on any atom is -0.354 e. The number of hydrogen-bond donors (Lipinski definition) is 1. The predicted molar refractivity (Wildman–Crippen MR) is 165 cm³/mol. The first-order chi connectivity index (χ1) is 18.3. The summed E-state index contributed by atoms with van der Waals surface area (Å²) >= 11 is 3.76. The average Bonchev–Trinajstić information content (AvgIpc) is 3.61. The molecule has 1 nitrogen and oxygen atoms in total. The number of aromatic amines is 1. The van der Waals surface area contributed by atoms with Crippen LogP contribution in [0.15, 0.2) is 109 Å². The van der Waals surface area contributed by atoms with Gasteiger partial charge in [-0.1, -0.05) is 60.7 Å². The summed E-state index contributed by atoms with van der Waals surface area (Å²) in [5, 5.41) is 10.6. The Morgan fingerprint density at radius 3 is 2.05 bits per heavy atom. The third-order valence-electron chi connectivity index (χ3n) is 7.79. The summed E-state index contributed by atoms with van der Waals surface area (Å²) in [6.07, 6.45) is 0. The Bertz CT molecular complexity index is 2360. The second-order valence-electron chi connectivity index (χ2n) is 9.85. The molecule has 6 aromatic carbocycles. The lowest BCUT2D eigenvalue weighted by molar-refractivity contribution is 1.55. The van der Waals surface area contributed by atoms with Crippen LogP contribution >= 0.6 is 22.7 Å². The molecular formula is C34H19NS2. The molecule has 1 N–H and O–H groups in total. The number of benzene rings is 6. The van der Waals surface area contributed by atoms with Gasteiger partial charge in [0.15, 0.2) is 0 Å². The monoisotopic (exact) mass is 505 g/mol. The van der Waals surface area contributed by atoms with E-state index in [1.807, 2.05) is 22.7 Å². The fourth-order valence-corrected chi connectivity index (χ4v) is 8.25. The lowest BCUT2D eigenvalue weighted by Gasteiger charge is -2.05. The molecule has 9 aromatic rings. The lowest BCUT2D eigenvalue weighted by atomic mass is 9.99. The molecule has 0 amide bonds. The molecule has 3 heteroatoms. The summed E-state index contributed by atoms with van der Waals surface area (Å²) in [5.74, 6) is 0. The van der Waals surface area contributed by atoms with E-state index in [1.54, 1.807) is 0 Å². The standard InChI is InChI=1S/C34H19NS2/c1-2-6-22-19(5-1)10-14-32-34(22)27-16-21(11-13-31(27)36-32)20-9-12-28-24(15-20)25-17-26-23-7-3-4-8-30(23)37-33(26)18-29(25)35-28/h1-18,35H. The van der Waals surface area contributed by atoms with Gasteiger partial charge in [0.1, 0.15) is 0 Å².